The van der Waals surface area contributed by atoms with Crippen LogP contribution in [0.1, 0.15) is 31.7 Å². The van der Waals surface area contributed by atoms with Gasteiger partial charge in [0.05, 0.1) is 0 Å². The van der Waals surface area contributed by atoms with Gasteiger partial charge >= 0.3 is 0 Å². The Morgan fingerprint density at radius 3 is 2.71 bits per heavy atom. The van der Waals surface area contributed by atoms with Gasteiger partial charge in [-0.15, -0.1) is 24.8 Å². The molecule has 0 spiro atoms. The van der Waals surface area contributed by atoms with Gasteiger partial charge in [0.2, 0.25) is 5.91 Å². The lowest BCUT2D eigenvalue weighted by atomic mass is 10.1. The molecule has 1 fully saturated rings. The van der Waals surface area contributed by atoms with Crippen molar-refractivity contribution >= 4 is 30.7 Å². The number of nitrogens with two attached hydrogens (primary N) is 1. The van der Waals surface area contributed by atoms with Gasteiger partial charge in [-0.1, -0.05) is 30.3 Å². The molecule has 0 aromatic heterocycles. The van der Waals surface area contributed by atoms with E-state index in [1.165, 1.54) is 12.0 Å². The molecule has 0 bridgehead atoms. The SMILES string of the molecule is CC(N)CCC(=O)NCC1CCN(CCc2ccccc2)C1.Cl.Cl. The third-order valence-corrected chi connectivity index (χ3v) is 4.34. The number of carbonyl (C=O) groups excluding carboxylic acids is 1. The summed E-state index contributed by atoms with van der Waals surface area (Å²) in [5, 5.41) is 3.05. The summed E-state index contributed by atoms with van der Waals surface area (Å²) in [5.41, 5.74) is 7.07. The number of hydrogen-bond donors (Lipinski definition) is 2. The van der Waals surface area contributed by atoms with Crippen molar-refractivity contribution in [3.05, 3.63) is 35.9 Å². The maximum atomic E-state index is 11.7. The van der Waals surface area contributed by atoms with Crippen LogP contribution in [0.2, 0.25) is 0 Å². The van der Waals surface area contributed by atoms with E-state index in [4.69, 9.17) is 5.73 Å². The summed E-state index contributed by atoms with van der Waals surface area (Å²) in [6.45, 7) is 6.10. The number of hydrogen-bond acceptors (Lipinski definition) is 3. The van der Waals surface area contributed by atoms with E-state index in [-0.39, 0.29) is 36.8 Å². The molecule has 6 heteroatoms. The molecule has 0 radical (unpaired) electrons. The van der Waals surface area contributed by atoms with Gasteiger partial charge < -0.3 is 16.0 Å². The molecule has 1 aliphatic heterocycles. The minimum Gasteiger partial charge on any atom is -0.356 e. The molecule has 1 heterocycles. The zero-order chi connectivity index (χ0) is 15.8. The van der Waals surface area contributed by atoms with E-state index >= 15 is 0 Å². The van der Waals surface area contributed by atoms with Crippen LogP contribution in [0.3, 0.4) is 0 Å². The van der Waals surface area contributed by atoms with Gasteiger partial charge in [-0.05, 0) is 44.2 Å². The van der Waals surface area contributed by atoms with E-state index in [1.54, 1.807) is 0 Å². The van der Waals surface area contributed by atoms with Crippen LogP contribution < -0.4 is 11.1 Å². The molecule has 1 aromatic rings. The van der Waals surface area contributed by atoms with Crippen molar-refractivity contribution in [3.63, 3.8) is 0 Å². The van der Waals surface area contributed by atoms with Crippen molar-refractivity contribution in [2.24, 2.45) is 11.7 Å². The molecule has 2 rings (SSSR count). The molecule has 1 amide bonds. The number of halogens is 2. The summed E-state index contributed by atoms with van der Waals surface area (Å²) in [4.78, 5) is 14.2. The summed E-state index contributed by atoms with van der Waals surface area (Å²) in [6, 6.07) is 10.7. The summed E-state index contributed by atoms with van der Waals surface area (Å²) in [5.74, 6) is 0.732. The first-order valence-electron chi connectivity index (χ1n) is 8.42. The lowest BCUT2D eigenvalue weighted by molar-refractivity contribution is -0.121. The summed E-state index contributed by atoms with van der Waals surface area (Å²) in [6.07, 6.45) is 3.60. The normalized spacial score (nSPS) is 18.3. The molecule has 0 saturated carbocycles. The number of nitrogens with zero attached hydrogens (tertiary/aromatic N) is 1. The van der Waals surface area contributed by atoms with Crippen molar-refractivity contribution in [2.45, 2.75) is 38.6 Å². The number of rotatable bonds is 8. The number of nitrogens with one attached hydrogen (secondary N) is 1. The zero-order valence-electron chi connectivity index (χ0n) is 14.4. The van der Waals surface area contributed by atoms with Crippen molar-refractivity contribution < 1.29 is 4.79 Å². The fourth-order valence-electron chi connectivity index (χ4n) is 2.92. The maximum absolute atomic E-state index is 11.7. The van der Waals surface area contributed by atoms with Crippen LogP contribution in [0.5, 0.6) is 0 Å². The van der Waals surface area contributed by atoms with Crippen LogP contribution in [0.25, 0.3) is 0 Å². The predicted octanol–water partition coefficient (Wildman–Crippen LogP) is 2.64. The van der Waals surface area contributed by atoms with Gasteiger partial charge in [0, 0.05) is 32.1 Å². The van der Waals surface area contributed by atoms with Crippen LogP contribution in [0, 0.1) is 5.92 Å². The Kier molecular flexibility index (Phi) is 12.1. The molecule has 3 N–H and O–H groups in total. The van der Waals surface area contributed by atoms with Gasteiger partial charge in [-0.25, -0.2) is 0 Å². The van der Waals surface area contributed by atoms with E-state index < -0.39 is 0 Å². The molecule has 1 aliphatic rings. The highest BCUT2D eigenvalue weighted by molar-refractivity contribution is 5.85. The Bertz CT molecular complexity index is 457. The van der Waals surface area contributed by atoms with Gasteiger partial charge in [-0.2, -0.15) is 0 Å². The van der Waals surface area contributed by atoms with Gasteiger partial charge in [0.25, 0.3) is 0 Å². The number of amides is 1. The highest BCUT2D eigenvalue weighted by atomic mass is 35.5. The van der Waals surface area contributed by atoms with Crippen LogP contribution >= 0.6 is 24.8 Å². The highest BCUT2D eigenvalue weighted by Crippen LogP contribution is 2.16. The summed E-state index contributed by atoms with van der Waals surface area (Å²) >= 11 is 0. The molecule has 4 nitrogen and oxygen atoms in total. The van der Waals surface area contributed by atoms with Crippen molar-refractivity contribution in [2.75, 3.05) is 26.2 Å². The first-order chi connectivity index (χ1) is 10.6. The maximum Gasteiger partial charge on any atom is 0.220 e. The summed E-state index contributed by atoms with van der Waals surface area (Å²) in [7, 11) is 0. The first kappa shape index (κ1) is 23.2. The molecular formula is C18H31Cl2N3O. The Labute approximate surface area is 158 Å². The van der Waals surface area contributed by atoms with E-state index in [9.17, 15) is 4.79 Å². The quantitative estimate of drug-likeness (QED) is 0.733. The fourth-order valence-corrected chi connectivity index (χ4v) is 2.92. The minimum absolute atomic E-state index is 0. The highest BCUT2D eigenvalue weighted by Gasteiger charge is 2.22. The molecule has 2 unspecified atom stereocenters. The van der Waals surface area contributed by atoms with Gasteiger partial charge in [0.15, 0.2) is 0 Å². The molecular weight excluding hydrogens is 345 g/mol. The average molecular weight is 376 g/mol. The summed E-state index contributed by atoms with van der Waals surface area (Å²) < 4.78 is 0. The first-order valence-corrected chi connectivity index (χ1v) is 8.42. The minimum atomic E-state index is 0. The largest absolute Gasteiger partial charge is 0.356 e. The van der Waals surface area contributed by atoms with Crippen LogP contribution in [-0.4, -0.2) is 43.0 Å². The Morgan fingerprint density at radius 1 is 1.33 bits per heavy atom. The van der Waals surface area contributed by atoms with E-state index in [1.807, 2.05) is 6.92 Å². The monoisotopic (exact) mass is 375 g/mol. The Morgan fingerprint density at radius 2 is 2.04 bits per heavy atom. The van der Waals surface area contributed by atoms with Crippen LogP contribution in [0.4, 0.5) is 0 Å². The van der Waals surface area contributed by atoms with Gasteiger partial charge in [-0.3, -0.25) is 4.79 Å². The molecule has 1 saturated heterocycles. The zero-order valence-corrected chi connectivity index (χ0v) is 16.1. The molecule has 2 atom stereocenters. The molecule has 138 valence electrons. The third-order valence-electron chi connectivity index (χ3n) is 4.34. The number of benzene rings is 1. The fraction of sp³-hybridized carbons (Fsp3) is 0.611. The van der Waals surface area contributed by atoms with Crippen LogP contribution in [0.15, 0.2) is 30.3 Å². The second-order valence-corrected chi connectivity index (χ2v) is 6.51. The number of carbonyl (C=O) groups is 1. The number of likely N-dealkylation sites (tertiary alicyclic amines) is 1. The standard InChI is InChI=1S/C18H29N3O.2ClH/c1-15(19)7-8-18(22)20-13-17-10-12-21(14-17)11-9-16-5-3-2-4-6-16;;/h2-6,15,17H,7-14,19H2,1H3,(H,20,22);2*1H. The molecule has 0 aliphatic carbocycles. The van der Waals surface area contributed by atoms with E-state index in [0.717, 1.165) is 39.0 Å². The van der Waals surface area contributed by atoms with Gasteiger partial charge in [0.1, 0.15) is 0 Å². The van der Waals surface area contributed by atoms with Crippen LogP contribution in [-0.2, 0) is 11.2 Å². The smallest absolute Gasteiger partial charge is 0.220 e. The Balaban J connectivity index is 0.00000264. The topological polar surface area (TPSA) is 58.4 Å². The molecule has 24 heavy (non-hydrogen) atoms. The van der Waals surface area contributed by atoms with E-state index in [0.29, 0.717) is 12.3 Å². The van der Waals surface area contributed by atoms with Crippen molar-refractivity contribution in [1.82, 2.24) is 10.2 Å². The van der Waals surface area contributed by atoms with E-state index in [2.05, 4.69) is 40.5 Å². The lowest BCUT2D eigenvalue weighted by Gasteiger charge is -2.16. The lowest BCUT2D eigenvalue weighted by Crippen LogP contribution is -2.32. The third kappa shape index (κ3) is 8.88. The Hall–Kier alpha value is -0.810. The second kappa shape index (κ2) is 12.5. The van der Waals surface area contributed by atoms with Crippen molar-refractivity contribution in [3.8, 4) is 0 Å². The second-order valence-electron chi connectivity index (χ2n) is 6.51. The molecule has 1 aromatic carbocycles. The van der Waals surface area contributed by atoms with Crippen molar-refractivity contribution in [1.29, 1.82) is 0 Å². The predicted molar refractivity (Wildman–Crippen MR) is 105 cm³/mol. The average Bonchev–Trinajstić information content (AvgIpc) is 2.98.